The Hall–Kier alpha value is -4.92. The van der Waals surface area contributed by atoms with Crippen molar-refractivity contribution in [2.24, 2.45) is 0 Å². The van der Waals surface area contributed by atoms with Crippen molar-refractivity contribution in [1.82, 2.24) is 10.3 Å². The third-order valence-corrected chi connectivity index (χ3v) is 6.78. The van der Waals surface area contributed by atoms with Gasteiger partial charge in [-0.3, -0.25) is 9.78 Å². The molecule has 0 saturated carbocycles. The maximum absolute atomic E-state index is 16.1. The van der Waals surface area contributed by atoms with Crippen LogP contribution < -0.4 is 14.8 Å². The average molecular weight is 643 g/mol. The highest BCUT2D eigenvalue weighted by Gasteiger charge is 2.22. The lowest BCUT2D eigenvalue weighted by molar-refractivity contribution is -0.153. The molecule has 1 N–H and O–H groups in total. The van der Waals surface area contributed by atoms with E-state index in [0.717, 1.165) is 11.1 Å². The predicted octanol–water partition coefficient (Wildman–Crippen LogP) is 8.52. The highest BCUT2D eigenvalue weighted by Crippen LogP contribution is 2.33. The van der Waals surface area contributed by atoms with E-state index in [1.165, 1.54) is 0 Å². The first-order chi connectivity index (χ1) is 22.2. The van der Waals surface area contributed by atoms with Gasteiger partial charge in [-0.05, 0) is 102 Å². The highest BCUT2D eigenvalue weighted by atomic mass is 19.1. The summed E-state index contributed by atoms with van der Waals surface area (Å²) in [6, 6.07) is 20.9. The highest BCUT2D eigenvalue weighted by molar-refractivity contribution is 5.74. The number of para-hydroxylation sites is 1. The van der Waals surface area contributed by atoms with Gasteiger partial charge in [-0.2, -0.15) is 0 Å². The van der Waals surface area contributed by atoms with Gasteiger partial charge in [-0.15, -0.1) is 0 Å². The maximum atomic E-state index is 16.1. The number of nitrogens with zero attached hydrogens (tertiary/aromatic N) is 1. The Labute approximate surface area is 276 Å². The number of ether oxygens (including phenoxy) is 4. The van der Waals surface area contributed by atoms with Gasteiger partial charge in [0.2, 0.25) is 0 Å². The van der Waals surface area contributed by atoms with Gasteiger partial charge in [0.05, 0.1) is 12.5 Å². The van der Waals surface area contributed by atoms with Crippen molar-refractivity contribution in [1.29, 1.82) is 0 Å². The molecule has 248 valence electrons. The number of aromatic nitrogens is 1. The minimum atomic E-state index is -0.685. The number of halogens is 1. The summed E-state index contributed by atoms with van der Waals surface area (Å²) in [4.78, 5) is 29.0. The van der Waals surface area contributed by atoms with Gasteiger partial charge in [0, 0.05) is 29.1 Å². The molecule has 4 rings (SSSR count). The Bertz CT molecular complexity index is 1680. The first kappa shape index (κ1) is 34.9. The second-order valence-electron chi connectivity index (χ2n) is 13.2. The fraction of sp³-hybridized carbons (Fsp3) is 0.342. The van der Waals surface area contributed by atoms with Crippen LogP contribution in [0.25, 0.3) is 11.1 Å². The SMILES string of the molecule is C[C@@H](NC(=O)OC(C)(C)C)c1cccc(-c2cc(COc3ccccc3CC(=O)OC(C)(C)C)cc(OCc3ccncc3)c2)c1F. The first-order valence-corrected chi connectivity index (χ1v) is 15.5. The van der Waals surface area contributed by atoms with Crippen molar-refractivity contribution in [2.45, 2.75) is 85.3 Å². The molecule has 0 spiro atoms. The van der Waals surface area contributed by atoms with E-state index in [-0.39, 0.29) is 25.6 Å². The number of carbonyl (C=O) groups excluding carboxylic acids is 2. The monoisotopic (exact) mass is 642 g/mol. The van der Waals surface area contributed by atoms with Gasteiger partial charge in [-0.25, -0.2) is 9.18 Å². The Balaban J connectivity index is 1.62. The molecule has 1 aromatic heterocycles. The second kappa shape index (κ2) is 15.1. The van der Waals surface area contributed by atoms with Crippen molar-refractivity contribution < 1.29 is 32.9 Å². The molecule has 8 nitrogen and oxygen atoms in total. The van der Waals surface area contributed by atoms with Crippen LogP contribution in [0.2, 0.25) is 0 Å². The summed E-state index contributed by atoms with van der Waals surface area (Å²) in [5.74, 6) is 0.230. The van der Waals surface area contributed by atoms with Crippen LogP contribution in [0, 0.1) is 5.82 Å². The number of nitrogens with one attached hydrogen (secondary N) is 1. The van der Waals surface area contributed by atoms with Crippen LogP contribution in [-0.4, -0.2) is 28.2 Å². The third-order valence-electron chi connectivity index (χ3n) is 6.78. The van der Waals surface area contributed by atoms with Crippen molar-refractivity contribution >= 4 is 12.1 Å². The summed E-state index contributed by atoms with van der Waals surface area (Å²) >= 11 is 0. The summed E-state index contributed by atoms with van der Waals surface area (Å²) in [5.41, 5.74) is 2.27. The Morgan fingerprint density at radius 3 is 2.19 bits per heavy atom. The largest absolute Gasteiger partial charge is 0.489 e. The minimum Gasteiger partial charge on any atom is -0.489 e. The van der Waals surface area contributed by atoms with Gasteiger partial charge in [0.15, 0.2) is 0 Å². The molecule has 0 aliphatic heterocycles. The minimum absolute atomic E-state index is 0.0568. The van der Waals surface area contributed by atoms with E-state index in [0.29, 0.717) is 33.8 Å². The van der Waals surface area contributed by atoms with Gasteiger partial charge in [0.25, 0.3) is 0 Å². The number of rotatable bonds is 11. The van der Waals surface area contributed by atoms with Crippen LogP contribution in [-0.2, 0) is 33.9 Å². The number of amides is 1. The van der Waals surface area contributed by atoms with Gasteiger partial charge >= 0.3 is 12.1 Å². The van der Waals surface area contributed by atoms with Crippen LogP contribution >= 0.6 is 0 Å². The van der Waals surface area contributed by atoms with Gasteiger partial charge in [-0.1, -0.05) is 36.4 Å². The van der Waals surface area contributed by atoms with Crippen molar-refractivity contribution in [3.05, 3.63) is 113 Å². The molecule has 9 heteroatoms. The van der Waals surface area contributed by atoms with Gasteiger partial charge in [0.1, 0.15) is 41.7 Å². The molecule has 4 aromatic rings. The zero-order valence-electron chi connectivity index (χ0n) is 28.1. The van der Waals surface area contributed by atoms with Crippen LogP contribution in [0.4, 0.5) is 9.18 Å². The predicted molar refractivity (Wildman–Crippen MR) is 179 cm³/mol. The van der Waals surface area contributed by atoms with Gasteiger partial charge < -0.3 is 24.3 Å². The van der Waals surface area contributed by atoms with Crippen molar-refractivity contribution in [3.63, 3.8) is 0 Å². The molecule has 1 amide bonds. The molecule has 0 unspecified atom stereocenters. The molecule has 3 aromatic carbocycles. The number of pyridine rings is 1. The molecular formula is C38H43FN2O6. The zero-order valence-corrected chi connectivity index (χ0v) is 28.1. The number of carbonyl (C=O) groups is 2. The summed E-state index contributed by atoms with van der Waals surface area (Å²) in [6.07, 6.45) is 2.81. The molecule has 0 bridgehead atoms. The zero-order chi connectivity index (χ0) is 34.2. The molecule has 0 radical (unpaired) electrons. The standard InChI is InChI=1S/C38H43FN2O6/c1-25(41-36(43)47-38(5,6)7)31-12-10-13-32(35(31)39)29-19-27(20-30(21-29)44-23-26-15-17-40-18-16-26)24-45-33-14-9-8-11-28(33)22-34(42)46-37(2,3)4/h8-21,25H,22-24H2,1-7H3,(H,41,43)/t25-/m1/s1. The van der Waals surface area contributed by atoms with E-state index in [4.69, 9.17) is 18.9 Å². The Kier molecular flexibility index (Phi) is 11.2. The fourth-order valence-electron chi connectivity index (χ4n) is 4.78. The fourth-order valence-corrected chi connectivity index (χ4v) is 4.78. The topological polar surface area (TPSA) is 96.0 Å². The van der Waals surface area contributed by atoms with E-state index in [2.05, 4.69) is 10.3 Å². The summed E-state index contributed by atoms with van der Waals surface area (Å²) in [5, 5.41) is 2.72. The van der Waals surface area contributed by atoms with Crippen molar-refractivity contribution in [3.8, 4) is 22.6 Å². The summed E-state index contributed by atoms with van der Waals surface area (Å²) in [6.45, 7) is 12.9. The molecule has 0 fully saturated rings. The lowest BCUT2D eigenvalue weighted by atomic mass is 9.97. The van der Waals surface area contributed by atoms with Crippen LogP contribution in [0.5, 0.6) is 11.5 Å². The Morgan fingerprint density at radius 1 is 0.809 bits per heavy atom. The lowest BCUT2D eigenvalue weighted by Gasteiger charge is -2.22. The molecule has 1 atom stereocenters. The summed E-state index contributed by atoms with van der Waals surface area (Å²) < 4.78 is 39.4. The average Bonchev–Trinajstić information content (AvgIpc) is 2.98. The lowest BCUT2D eigenvalue weighted by Crippen LogP contribution is -2.34. The van der Waals surface area contributed by atoms with Crippen LogP contribution in [0.1, 0.15) is 76.8 Å². The normalized spacial score (nSPS) is 12.2. The van der Waals surface area contributed by atoms with E-state index >= 15 is 4.39 Å². The second-order valence-corrected chi connectivity index (χ2v) is 13.2. The molecule has 47 heavy (non-hydrogen) atoms. The first-order valence-electron chi connectivity index (χ1n) is 15.5. The third kappa shape index (κ3) is 10.8. The number of alkyl carbamates (subject to hydrolysis) is 1. The van der Waals surface area contributed by atoms with E-state index in [9.17, 15) is 9.59 Å². The smallest absolute Gasteiger partial charge is 0.408 e. The number of benzene rings is 3. The molecule has 1 heterocycles. The van der Waals surface area contributed by atoms with E-state index in [1.807, 2.05) is 63.2 Å². The molecule has 0 saturated heterocycles. The number of hydrogen-bond acceptors (Lipinski definition) is 7. The molecule has 0 aliphatic carbocycles. The maximum Gasteiger partial charge on any atom is 0.408 e. The van der Waals surface area contributed by atoms with E-state index < -0.39 is 29.2 Å². The summed E-state index contributed by atoms with van der Waals surface area (Å²) in [7, 11) is 0. The van der Waals surface area contributed by atoms with Crippen molar-refractivity contribution in [2.75, 3.05) is 0 Å². The van der Waals surface area contributed by atoms with Crippen LogP contribution in [0.3, 0.4) is 0 Å². The number of esters is 1. The number of hydrogen-bond donors (Lipinski definition) is 1. The molecular weight excluding hydrogens is 599 g/mol. The van der Waals surface area contributed by atoms with E-state index in [1.54, 1.807) is 70.4 Å². The van der Waals surface area contributed by atoms with Crippen LogP contribution in [0.15, 0.2) is 85.2 Å². The molecule has 0 aliphatic rings. The Morgan fingerprint density at radius 2 is 1.49 bits per heavy atom. The quantitative estimate of drug-likeness (QED) is 0.164.